The van der Waals surface area contributed by atoms with E-state index in [1.54, 1.807) is 6.92 Å². The van der Waals surface area contributed by atoms with Crippen molar-refractivity contribution < 1.29 is 19.2 Å². The number of methoxy groups -OCH3 is 1. The lowest BCUT2D eigenvalue weighted by molar-refractivity contribution is -0.386. The molecule has 96 valence electrons. The molecule has 1 heterocycles. The number of esters is 1. The summed E-state index contributed by atoms with van der Waals surface area (Å²) in [7, 11) is 1.26. The van der Waals surface area contributed by atoms with E-state index in [9.17, 15) is 14.9 Å². The number of aromatic nitrogens is 2. The van der Waals surface area contributed by atoms with Crippen molar-refractivity contribution in [3.63, 3.8) is 0 Å². The Morgan fingerprint density at radius 2 is 2.33 bits per heavy atom. The predicted molar refractivity (Wildman–Crippen MR) is 60.9 cm³/mol. The first-order valence-corrected chi connectivity index (χ1v) is 4.98. The van der Waals surface area contributed by atoms with Gasteiger partial charge in [-0.2, -0.15) is 4.98 Å². The first kappa shape index (κ1) is 13.6. The highest BCUT2D eigenvalue weighted by atomic mass is 16.6. The molecule has 1 rings (SSSR count). The van der Waals surface area contributed by atoms with E-state index < -0.39 is 10.9 Å². The van der Waals surface area contributed by atoms with Crippen molar-refractivity contribution in [2.45, 2.75) is 6.92 Å². The number of hydrogen-bond donors (Lipinski definition) is 0. The van der Waals surface area contributed by atoms with Gasteiger partial charge >= 0.3 is 11.7 Å². The number of carbonyl (C=O) groups excluding carboxylic acids is 1. The summed E-state index contributed by atoms with van der Waals surface area (Å²) >= 11 is 0. The molecule has 0 amide bonds. The molecule has 0 radical (unpaired) electrons. The lowest BCUT2D eigenvalue weighted by Crippen LogP contribution is -2.01. The van der Waals surface area contributed by atoms with Gasteiger partial charge in [0.2, 0.25) is 0 Å². The van der Waals surface area contributed by atoms with Crippen LogP contribution in [0.15, 0.2) is 12.3 Å². The van der Waals surface area contributed by atoms with Gasteiger partial charge in [0.05, 0.1) is 18.6 Å². The minimum absolute atomic E-state index is 0.116. The molecule has 18 heavy (non-hydrogen) atoms. The summed E-state index contributed by atoms with van der Waals surface area (Å²) in [6.45, 7) is 1.94. The molecule has 0 N–H and O–H groups in total. The van der Waals surface area contributed by atoms with Crippen LogP contribution in [0, 0.1) is 10.1 Å². The van der Waals surface area contributed by atoms with E-state index in [0.717, 1.165) is 12.3 Å². The van der Waals surface area contributed by atoms with Gasteiger partial charge < -0.3 is 9.47 Å². The molecule has 0 saturated heterocycles. The van der Waals surface area contributed by atoms with E-state index in [1.807, 2.05) is 0 Å². The molecule has 8 nitrogen and oxygen atoms in total. The fourth-order valence-corrected chi connectivity index (χ4v) is 1.06. The SMILES string of the molecule is CCOC(=O)C=Cc1ncc([N+](=O)[O-])c(OC)n1. The normalized spacial score (nSPS) is 10.3. The van der Waals surface area contributed by atoms with E-state index in [0.29, 0.717) is 0 Å². The van der Waals surface area contributed by atoms with Crippen molar-refractivity contribution in [3.05, 3.63) is 28.2 Å². The number of carbonyl (C=O) groups is 1. The monoisotopic (exact) mass is 253 g/mol. The highest BCUT2D eigenvalue weighted by molar-refractivity contribution is 5.86. The summed E-state index contributed by atoms with van der Waals surface area (Å²) in [5, 5.41) is 10.6. The summed E-state index contributed by atoms with van der Waals surface area (Å²) in [6.07, 6.45) is 3.42. The van der Waals surface area contributed by atoms with Gasteiger partial charge in [-0.05, 0) is 13.0 Å². The maximum Gasteiger partial charge on any atom is 0.349 e. The Balaban J connectivity index is 2.92. The van der Waals surface area contributed by atoms with Gasteiger partial charge in [0.1, 0.15) is 6.20 Å². The fourth-order valence-electron chi connectivity index (χ4n) is 1.06. The zero-order chi connectivity index (χ0) is 13.5. The molecule has 8 heteroatoms. The van der Waals surface area contributed by atoms with E-state index in [4.69, 9.17) is 4.74 Å². The molecule has 0 fully saturated rings. The average Bonchev–Trinajstić information content (AvgIpc) is 2.36. The van der Waals surface area contributed by atoms with Crippen molar-refractivity contribution in [3.8, 4) is 5.88 Å². The third-order valence-corrected chi connectivity index (χ3v) is 1.80. The standard InChI is InChI=1S/C10H11N3O5/c1-3-18-9(14)5-4-8-11-6-7(13(15)16)10(12-8)17-2/h4-6H,3H2,1-2H3. The molecule has 0 unspecified atom stereocenters. The summed E-state index contributed by atoms with van der Waals surface area (Å²) < 4.78 is 9.42. The maximum absolute atomic E-state index is 11.0. The second-order valence-corrected chi connectivity index (χ2v) is 2.97. The van der Waals surface area contributed by atoms with Gasteiger partial charge in [-0.15, -0.1) is 0 Å². The largest absolute Gasteiger partial charge is 0.476 e. The van der Waals surface area contributed by atoms with Crippen LogP contribution in [-0.2, 0) is 9.53 Å². The Morgan fingerprint density at radius 1 is 1.61 bits per heavy atom. The van der Waals surface area contributed by atoms with Crippen LogP contribution in [-0.4, -0.2) is 34.6 Å². The molecular formula is C10H11N3O5. The molecule has 0 aromatic carbocycles. The topological polar surface area (TPSA) is 104 Å². The minimum atomic E-state index is -0.655. The van der Waals surface area contributed by atoms with Crippen LogP contribution in [0.3, 0.4) is 0 Å². The lowest BCUT2D eigenvalue weighted by atomic mass is 10.4. The third kappa shape index (κ3) is 3.51. The molecule has 0 spiro atoms. The molecule has 0 bridgehead atoms. The fraction of sp³-hybridized carbons (Fsp3) is 0.300. The van der Waals surface area contributed by atoms with Gasteiger partial charge in [-0.25, -0.2) is 9.78 Å². The molecule has 1 aromatic heterocycles. The van der Waals surface area contributed by atoms with Gasteiger partial charge in [-0.1, -0.05) is 0 Å². The van der Waals surface area contributed by atoms with E-state index >= 15 is 0 Å². The summed E-state index contributed by atoms with van der Waals surface area (Å²) in [4.78, 5) is 28.5. The number of nitro groups is 1. The Hall–Kier alpha value is -2.51. The maximum atomic E-state index is 11.0. The van der Waals surface area contributed by atoms with E-state index in [-0.39, 0.29) is 24.0 Å². The Kier molecular flexibility index (Phi) is 4.73. The van der Waals surface area contributed by atoms with E-state index in [1.165, 1.54) is 13.2 Å². The number of hydrogen-bond acceptors (Lipinski definition) is 7. The van der Waals surface area contributed by atoms with Crippen molar-refractivity contribution in [2.24, 2.45) is 0 Å². The molecule has 0 atom stereocenters. The van der Waals surface area contributed by atoms with Crippen LogP contribution in [0.2, 0.25) is 0 Å². The molecule has 0 aliphatic carbocycles. The van der Waals surface area contributed by atoms with Crippen LogP contribution in [0.1, 0.15) is 12.7 Å². The molecule has 0 aliphatic heterocycles. The van der Waals surface area contributed by atoms with Crippen molar-refractivity contribution in [1.82, 2.24) is 9.97 Å². The van der Waals surface area contributed by atoms with Gasteiger partial charge in [0, 0.05) is 6.08 Å². The Labute approximate surface area is 102 Å². The molecule has 0 saturated carbocycles. The molecular weight excluding hydrogens is 242 g/mol. The summed E-state index contributed by atoms with van der Waals surface area (Å²) in [6, 6.07) is 0. The average molecular weight is 253 g/mol. The number of rotatable bonds is 5. The zero-order valence-corrected chi connectivity index (χ0v) is 9.82. The quantitative estimate of drug-likeness (QED) is 0.333. The second kappa shape index (κ2) is 6.28. The second-order valence-electron chi connectivity index (χ2n) is 2.97. The summed E-state index contributed by atoms with van der Waals surface area (Å²) in [5.74, 6) is -0.595. The van der Waals surface area contributed by atoms with Crippen molar-refractivity contribution >= 4 is 17.7 Å². The highest BCUT2D eigenvalue weighted by Crippen LogP contribution is 2.22. The van der Waals surface area contributed by atoms with Crippen LogP contribution in [0.25, 0.3) is 6.08 Å². The lowest BCUT2D eigenvalue weighted by Gasteiger charge is -2.00. The third-order valence-electron chi connectivity index (χ3n) is 1.80. The Bertz CT molecular complexity index is 486. The van der Waals surface area contributed by atoms with E-state index in [2.05, 4.69) is 14.7 Å². The van der Waals surface area contributed by atoms with Gasteiger partial charge in [-0.3, -0.25) is 10.1 Å². The first-order valence-electron chi connectivity index (χ1n) is 4.98. The molecule has 1 aromatic rings. The van der Waals surface area contributed by atoms with Crippen LogP contribution in [0.4, 0.5) is 5.69 Å². The zero-order valence-electron chi connectivity index (χ0n) is 9.82. The number of nitrogens with zero attached hydrogens (tertiary/aromatic N) is 3. The smallest absolute Gasteiger partial charge is 0.349 e. The predicted octanol–water partition coefficient (Wildman–Crippen LogP) is 0.970. The van der Waals surface area contributed by atoms with Crippen LogP contribution < -0.4 is 4.74 Å². The Morgan fingerprint density at radius 3 is 2.89 bits per heavy atom. The number of ether oxygens (including phenoxy) is 2. The van der Waals surface area contributed by atoms with Gasteiger partial charge in [0.25, 0.3) is 5.88 Å². The van der Waals surface area contributed by atoms with Gasteiger partial charge in [0.15, 0.2) is 5.82 Å². The summed E-state index contributed by atoms with van der Waals surface area (Å²) in [5.41, 5.74) is -0.342. The molecule has 0 aliphatic rings. The van der Waals surface area contributed by atoms with Crippen molar-refractivity contribution in [1.29, 1.82) is 0 Å². The van der Waals surface area contributed by atoms with Crippen molar-refractivity contribution in [2.75, 3.05) is 13.7 Å². The minimum Gasteiger partial charge on any atom is -0.476 e. The first-order chi connectivity index (χ1) is 8.58. The highest BCUT2D eigenvalue weighted by Gasteiger charge is 2.17. The van der Waals surface area contributed by atoms with Crippen LogP contribution in [0.5, 0.6) is 5.88 Å². The van der Waals surface area contributed by atoms with Crippen LogP contribution >= 0.6 is 0 Å².